The number of rotatable bonds is 0. The minimum atomic E-state index is 0. The summed E-state index contributed by atoms with van der Waals surface area (Å²) in [6.45, 7) is 0. The van der Waals surface area contributed by atoms with E-state index in [1.807, 2.05) is 0 Å². The van der Waals surface area contributed by atoms with Crippen molar-refractivity contribution in [1.82, 2.24) is 0 Å². The van der Waals surface area contributed by atoms with Crippen molar-refractivity contribution in [3.63, 3.8) is 0 Å². The second-order valence-corrected chi connectivity index (χ2v) is 2.67. The Morgan fingerprint density at radius 2 is 1.57 bits per heavy atom. The molecule has 0 aromatic carbocycles. The summed E-state index contributed by atoms with van der Waals surface area (Å²) in [5.74, 6) is 0. The van der Waals surface area contributed by atoms with Crippen molar-refractivity contribution < 1.29 is 17.1 Å². The normalized spacial score (nSPS) is 21.9. The maximum Gasteiger partial charge on any atom is 0.00168 e. The third-order valence-corrected chi connectivity index (χ3v) is 1.84. The van der Waals surface area contributed by atoms with E-state index < -0.39 is 0 Å². The van der Waals surface area contributed by atoms with E-state index in [9.17, 15) is 0 Å². The molecule has 0 amide bonds. The third kappa shape index (κ3) is 2.63. The van der Waals surface area contributed by atoms with Gasteiger partial charge in [0.15, 0.2) is 0 Å². The van der Waals surface area contributed by atoms with Crippen LogP contribution in [0.4, 0.5) is 0 Å². The average Bonchev–Trinajstić information content (AvgIpc) is 1.86. The van der Waals surface area contributed by atoms with E-state index in [1.165, 1.54) is 25.7 Å². The Morgan fingerprint density at radius 3 is 1.71 bits per heavy atom. The molecule has 0 N–H and O–H groups in total. The molecule has 0 spiro atoms. The molecule has 0 heterocycles. The van der Waals surface area contributed by atoms with Gasteiger partial charge in [-0.05, 0) is 12.8 Å². The van der Waals surface area contributed by atoms with E-state index >= 15 is 0 Å². The quantitative estimate of drug-likeness (QED) is 0.411. The van der Waals surface area contributed by atoms with Crippen LogP contribution >= 0.6 is 12.6 Å². The molecule has 0 unspecified atom stereocenters. The van der Waals surface area contributed by atoms with E-state index in [-0.39, 0.29) is 17.1 Å². The maximum atomic E-state index is 4.29. The summed E-state index contributed by atoms with van der Waals surface area (Å²) in [6.07, 6.45) is 5.52. The van der Waals surface area contributed by atoms with E-state index in [0.29, 0.717) is 0 Å². The van der Waals surface area contributed by atoms with Gasteiger partial charge in [-0.25, -0.2) is 0 Å². The van der Waals surface area contributed by atoms with Crippen LogP contribution in [0.25, 0.3) is 0 Å². The first-order chi connectivity index (χ1) is 2.89. The average molecular weight is 166 g/mol. The van der Waals surface area contributed by atoms with Gasteiger partial charge in [0.2, 0.25) is 0 Å². The standard InChI is InChI=1S/C5H10S.Cu/c6-5-3-1-2-4-5;/h5-6H,1-4H2;. The van der Waals surface area contributed by atoms with Crippen LogP contribution in [0.2, 0.25) is 0 Å². The largest absolute Gasteiger partial charge is 0.176 e. The first-order valence-corrected chi connectivity index (χ1v) is 3.09. The zero-order valence-electron chi connectivity index (χ0n) is 4.15. The Labute approximate surface area is 60.9 Å². The van der Waals surface area contributed by atoms with Gasteiger partial charge in [-0.3, -0.25) is 0 Å². The molecule has 1 aliphatic carbocycles. The monoisotopic (exact) mass is 165 g/mol. The van der Waals surface area contributed by atoms with Crippen molar-refractivity contribution >= 4 is 12.6 Å². The second-order valence-electron chi connectivity index (χ2n) is 1.94. The van der Waals surface area contributed by atoms with Crippen molar-refractivity contribution in [3.05, 3.63) is 0 Å². The summed E-state index contributed by atoms with van der Waals surface area (Å²) in [6, 6.07) is 0. The van der Waals surface area contributed by atoms with Crippen molar-refractivity contribution in [2.24, 2.45) is 0 Å². The Morgan fingerprint density at radius 1 is 1.14 bits per heavy atom. The van der Waals surface area contributed by atoms with Crippen LogP contribution in [0, 0.1) is 0 Å². The van der Waals surface area contributed by atoms with Gasteiger partial charge in [-0.1, -0.05) is 12.8 Å². The molecule has 1 saturated carbocycles. The van der Waals surface area contributed by atoms with Gasteiger partial charge in [-0.2, -0.15) is 12.6 Å². The molecule has 1 radical (unpaired) electrons. The minimum Gasteiger partial charge on any atom is -0.176 e. The predicted molar refractivity (Wildman–Crippen MR) is 31.2 cm³/mol. The first-order valence-electron chi connectivity index (χ1n) is 2.57. The third-order valence-electron chi connectivity index (χ3n) is 1.32. The van der Waals surface area contributed by atoms with Crippen LogP contribution in [0.1, 0.15) is 25.7 Å². The smallest absolute Gasteiger partial charge is 0.00168 e. The fourth-order valence-electron chi connectivity index (χ4n) is 0.904. The van der Waals surface area contributed by atoms with Gasteiger partial charge < -0.3 is 0 Å². The fourth-order valence-corrected chi connectivity index (χ4v) is 1.27. The first kappa shape index (κ1) is 7.87. The van der Waals surface area contributed by atoms with Crippen LogP contribution in [0.15, 0.2) is 0 Å². The SMILES string of the molecule is SC1CCCC1.[Cu]. The molecule has 2 heteroatoms. The van der Waals surface area contributed by atoms with Crippen LogP contribution < -0.4 is 0 Å². The topological polar surface area (TPSA) is 0 Å². The summed E-state index contributed by atoms with van der Waals surface area (Å²) >= 11 is 4.29. The summed E-state index contributed by atoms with van der Waals surface area (Å²) in [7, 11) is 0. The van der Waals surface area contributed by atoms with E-state index in [2.05, 4.69) is 12.6 Å². The zero-order chi connectivity index (χ0) is 4.41. The molecular weight excluding hydrogens is 156 g/mol. The summed E-state index contributed by atoms with van der Waals surface area (Å²) in [4.78, 5) is 0. The molecule has 0 atom stereocenters. The molecule has 0 saturated heterocycles. The summed E-state index contributed by atoms with van der Waals surface area (Å²) < 4.78 is 0. The number of hydrogen-bond acceptors (Lipinski definition) is 1. The van der Waals surface area contributed by atoms with Crippen LogP contribution in [-0.2, 0) is 17.1 Å². The molecule has 0 aromatic heterocycles. The number of thiol groups is 1. The van der Waals surface area contributed by atoms with Gasteiger partial charge >= 0.3 is 0 Å². The Bertz CT molecular complexity index is 41.3. The molecule has 1 fully saturated rings. The van der Waals surface area contributed by atoms with Gasteiger partial charge in [0.05, 0.1) is 0 Å². The Kier molecular flexibility index (Phi) is 4.30. The minimum absolute atomic E-state index is 0. The van der Waals surface area contributed by atoms with Crippen molar-refractivity contribution in [2.45, 2.75) is 30.9 Å². The fraction of sp³-hybridized carbons (Fsp3) is 1.00. The van der Waals surface area contributed by atoms with Crippen LogP contribution in [0.5, 0.6) is 0 Å². The van der Waals surface area contributed by atoms with Gasteiger partial charge in [0.1, 0.15) is 0 Å². The van der Waals surface area contributed by atoms with Crippen LogP contribution in [-0.4, -0.2) is 5.25 Å². The van der Waals surface area contributed by atoms with Crippen molar-refractivity contribution in [2.75, 3.05) is 0 Å². The van der Waals surface area contributed by atoms with Gasteiger partial charge in [0, 0.05) is 22.3 Å². The van der Waals surface area contributed by atoms with E-state index in [4.69, 9.17) is 0 Å². The molecule has 1 rings (SSSR count). The molecule has 47 valence electrons. The molecule has 7 heavy (non-hydrogen) atoms. The molecule has 0 aliphatic heterocycles. The molecule has 1 aliphatic rings. The Balaban J connectivity index is 0.000000360. The molecule has 0 nitrogen and oxygen atoms in total. The van der Waals surface area contributed by atoms with Crippen molar-refractivity contribution in [3.8, 4) is 0 Å². The zero-order valence-corrected chi connectivity index (χ0v) is 5.99. The van der Waals surface area contributed by atoms with Crippen molar-refractivity contribution in [1.29, 1.82) is 0 Å². The molecule has 0 bridgehead atoms. The van der Waals surface area contributed by atoms with Gasteiger partial charge in [-0.15, -0.1) is 0 Å². The summed E-state index contributed by atoms with van der Waals surface area (Å²) in [5, 5.41) is 0.741. The van der Waals surface area contributed by atoms with E-state index in [0.717, 1.165) is 5.25 Å². The predicted octanol–water partition coefficient (Wildman–Crippen LogP) is 1.86. The molecular formula is C5H10CuS. The summed E-state index contributed by atoms with van der Waals surface area (Å²) in [5.41, 5.74) is 0. The molecule has 0 aromatic rings. The maximum absolute atomic E-state index is 4.29. The van der Waals surface area contributed by atoms with E-state index in [1.54, 1.807) is 0 Å². The number of hydrogen-bond donors (Lipinski definition) is 1. The second kappa shape index (κ2) is 3.82. The van der Waals surface area contributed by atoms with Gasteiger partial charge in [0.25, 0.3) is 0 Å². The van der Waals surface area contributed by atoms with Crippen LogP contribution in [0.3, 0.4) is 0 Å². The Hall–Kier alpha value is 0.869.